The molecule has 0 aromatic heterocycles. The predicted octanol–water partition coefficient (Wildman–Crippen LogP) is 5.64. The molecule has 1 amide bonds. The summed E-state index contributed by atoms with van der Waals surface area (Å²) in [5, 5.41) is 3.56. The summed E-state index contributed by atoms with van der Waals surface area (Å²) in [7, 11) is 0. The van der Waals surface area contributed by atoms with Crippen LogP contribution in [-0.2, 0) is 4.79 Å². The molecule has 0 spiro atoms. The summed E-state index contributed by atoms with van der Waals surface area (Å²) in [5.41, 5.74) is 4.57. The number of ether oxygens (including phenoxy) is 1. The number of carbonyl (C=O) groups is 1. The van der Waals surface area contributed by atoms with Crippen LogP contribution in [0, 0.1) is 0 Å². The topological polar surface area (TPSA) is 50.7 Å². The molecule has 5 rings (SSSR count). The second kappa shape index (κ2) is 7.00. The number of nitrogens with zero attached hydrogens (tertiary/aromatic N) is 1. The van der Waals surface area contributed by atoms with E-state index >= 15 is 0 Å². The Labute approximate surface area is 171 Å². The van der Waals surface area contributed by atoms with E-state index in [2.05, 4.69) is 17.4 Å². The molecule has 0 aliphatic carbocycles. The zero-order chi connectivity index (χ0) is 19.1. The first-order valence-corrected chi connectivity index (χ1v) is 10.1. The number of halogens is 1. The average Bonchev–Trinajstić information content (AvgIpc) is 2.72. The first-order chi connectivity index (χ1) is 13.7. The van der Waals surface area contributed by atoms with Gasteiger partial charge >= 0.3 is 0 Å². The van der Waals surface area contributed by atoms with Crippen LogP contribution in [0.15, 0.2) is 76.6 Å². The standard InChI is InChI=1S/C22H15ClN2O2S/c23-15-5-3-4-14(10-15)22-21(25-16-6-1-2-7-19(16)28-22)13-8-9-18-17(11-13)24-20(26)12-27-18/h1-11,22H,12H2,(H,24,26). The lowest BCUT2D eigenvalue weighted by Gasteiger charge is -2.26. The Morgan fingerprint density at radius 1 is 1.07 bits per heavy atom. The second-order valence-electron chi connectivity index (χ2n) is 6.57. The number of aliphatic imine (C=N–C) groups is 1. The van der Waals surface area contributed by atoms with Crippen molar-refractivity contribution < 1.29 is 9.53 Å². The molecule has 0 saturated carbocycles. The third-order valence-corrected chi connectivity index (χ3v) is 6.22. The van der Waals surface area contributed by atoms with Crippen molar-refractivity contribution in [1.82, 2.24) is 0 Å². The van der Waals surface area contributed by atoms with E-state index in [4.69, 9.17) is 21.3 Å². The van der Waals surface area contributed by atoms with Gasteiger partial charge in [0.15, 0.2) is 6.61 Å². The van der Waals surface area contributed by atoms with Crippen LogP contribution in [0.5, 0.6) is 5.75 Å². The number of hydrogen-bond donors (Lipinski definition) is 1. The van der Waals surface area contributed by atoms with Crippen molar-refractivity contribution in [1.29, 1.82) is 0 Å². The first kappa shape index (κ1) is 17.3. The normalized spacial score (nSPS) is 17.7. The second-order valence-corrected chi connectivity index (χ2v) is 8.15. The number of hydrogen-bond acceptors (Lipinski definition) is 4. The summed E-state index contributed by atoms with van der Waals surface area (Å²) in [4.78, 5) is 17.8. The van der Waals surface area contributed by atoms with Gasteiger partial charge in [0.2, 0.25) is 0 Å². The molecule has 0 bridgehead atoms. The molecule has 6 heteroatoms. The average molecular weight is 407 g/mol. The Kier molecular flexibility index (Phi) is 4.34. The Bertz CT molecular complexity index is 1130. The lowest BCUT2D eigenvalue weighted by Crippen LogP contribution is -2.25. The summed E-state index contributed by atoms with van der Waals surface area (Å²) >= 11 is 8.01. The van der Waals surface area contributed by atoms with Crippen molar-refractivity contribution in [2.75, 3.05) is 11.9 Å². The van der Waals surface area contributed by atoms with E-state index in [-0.39, 0.29) is 17.8 Å². The molecule has 4 nitrogen and oxygen atoms in total. The quantitative estimate of drug-likeness (QED) is 0.599. The molecule has 2 heterocycles. The highest BCUT2D eigenvalue weighted by Gasteiger charge is 2.28. The van der Waals surface area contributed by atoms with Crippen LogP contribution in [0.1, 0.15) is 16.4 Å². The van der Waals surface area contributed by atoms with Gasteiger partial charge in [-0.15, -0.1) is 11.8 Å². The van der Waals surface area contributed by atoms with Crippen LogP contribution < -0.4 is 10.1 Å². The first-order valence-electron chi connectivity index (χ1n) is 8.84. The zero-order valence-corrected chi connectivity index (χ0v) is 16.3. The van der Waals surface area contributed by atoms with Gasteiger partial charge in [0.1, 0.15) is 5.75 Å². The summed E-state index contributed by atoms with van der Waals surface area (Å²) in [6.07, 6.45) is 0. The van der Waals surface area contributed by atoms with Crippen molar-refractivity contribution in [2.45, 2.75) is 10.1 Å². The minimum atomic E-state index is -0.152. The number of para-hydroxylation sites is 1. The fourth-order valence-corrected chi connectivity index (χ4v) is 4.80. The van der Waals surface area contributed by atoms with E-state index in [1.807, 2.05) is 54.6 Å². The van der Waals surface area contributed by atoms with Crippen molar-refractivity contribution in [3.8, 4) is 5.75 Å². The van der Waals surface area contributed by atoms with Crippen LogP contribution in [-0.4, -0.2) is 18.2 Å². The maximum absolute atomic E-state index is 11.7. The highest BCUT2D eigenvalue weighted by atomic mass is 35.5. The molecule has 28 heavy (non-hydrogen) atoms. The number of anilines is 1. The number of thioether (sulfide) groups is 1. The largest absolute Gasteiger partial charge is 0.482 e. The van der Waals surface area contributed by atoms with E-state index < -0.39 is 0 Å². The van der Waals surface area contributed by atoms with Crippen molar-refractivity contribution >= 4 is 46.4 Å². The zero-order valence-electron chi connectivity index (χ0n) is 14.7. The SMILES string of the molecule is O=C1COc2ccc(C3=Nc4ccccc4SC3c3cccc(Cl)c3)cc2N1. The summed E-state index contributed by atoms with van der Waals surface area (Å²) in [6, 6.07) is 21.8. The molecule has 1 N–H and O–H groups in total. The van der Waals surface area contributed by atoms with Gasteiger partial charge in [-0.05, 0) is 53.6 Å². The third kappa shape index (κ3) is 3.17. The summed E-state index contributed by atoms with van der Waals surface area (Å²) in [6.45, 7) is 0.0433. The molecule has 3 aromatic rings. The van der Waals surface area contributed by atoms with E-state index in [1.54, 1.807) is 11.8 Å². The number of rotatable bonds is 2. The fraction of sp³-hybridized carbons (Fsp3) is 0.0909. The molecule has 2 aliphatic rings. The Hall–Kier alpha value is -2.76. The van der Waals surface area contributed by atoms with Gasteiger partial charge in [-0.2, -0.15) is 0 Å². The fourth-order valence-electron chi connectivity index (χ4n) is 3.37. The highest BCUT2D eigenvalue weighted by molar-refractivity contribution is 8.00. The van der Waals surface area contributed by atoms with Crippen LogP contribution in [0.25, 0.3) is 0 Å². The lowest BCUT2D eigenvalue weighted by atomic mass is 10.00. The van der Waals surface area contributed by atoms with Gasteiger partial charge in [-0.1, -0.05) is 35.9 Å². The monoisotopic (exact) mass is 406 g/mol. The smallest absolute Gasteiger partial charge is 0.262 e. The van der Waals surface area contributed by atoms with E-state index in [1.165, 1.54) is 0 Å². The maximum Gasteiger partial charge on any atom is 0.262 e. The maximum atomic E-state index is 11.7. The van der Waals surface area contributed by atoms with Gasteiger partial charge in [0.05, 0.1) is 22.3 Å². The number of carbonyl (C=O) groups excluding carboxylic acids is 1. The third-order valence-electron chi connectivity index (χ3n) is 4.66. The summed E-state index contributed by atoms with van der Waals surface area (Å²) in [5.74, 6) is 0.522. The minimum Gasteiger partial charge on any atom is -0.482 e. The van der Waals surface area contributed by atoms with Crippen molar-refractivity contribution in [3.63, 3.8) is 0 Å². The van der Waals surface area contributed by atoms with Crippen LogP contribution in [0.3, 0.4) is 0 Å². The molecule has 3 aromatic carbocycles. The summed E-state index contributed by atoms with van der Waals surface area (Å²) < 4.78 is 5.49. The van der Waals surface area contributed by atoms with Crippen LogP contribution >= 0.6 is 23.4 Å². The molecule has 2 aliphatic heterocycles. The van der Waals surface area contributed by atoms with Crippen molar-refractivity contribution in [3.05, 3.63) is 82.9 Å². The molecule has 0 saturated heterocycles. The number of benzene rings is 3. The van der Waals surface area contributed by atoms with Crippen molar-refractivity contribution in [2.24, 2.45) is 4.99 Å². The van der Waals surface area contributed by atoms with Crippen LogP contribution in [0.4, 0.5) is 11.4 Å². The molecule has 138 valence electrons. The highest BCUT2D eigenvalue weighted by Crippen LogP contribution is 2.47. The molecular formula is C22H15ClN2O2S. The molecular weight excluding hydrogens is 392 g/mol. The number of fused-ring (bicyclic) bond motifs is 2. The number of amides is 1. The lowest BCUT2D eigenvalue weighted by molar-refractivity contribution is -0.118. The van der Waals surface area contributed by atoms with E-state index in [0.717, 1.165) is 27.4 Å². The van der Waals surface area contributed by atoms with Gasteiger partial charge in [0, 0.05) is 9.92 Å². The Balaban J connectivity index is 1.64. The Morgan fingerprint density at radius 2 is 1.96 bits per heavy atom. The van der Waals surface area contributed by atoms with E-state index in [0.29, 0.717) is 16.5 Å². The van der Waals surface area contributed by atoms with Gasteiger partial charge in [-0.3, -0.25) is 9.79 Å². The minimum absolute atomic E-state index is 0.00754. The van der Waals surface area contributed by atoms with Gasteiger partial charge in [0.25, 0.3) is 5.91 Å². The number of nitrogens with one attached hydrogen (secondary N) is 1. The Morgan fingerprint density at radius 3 is 2.86 bits per heavy atom. The van der Waals surface area contributed by atoms with E-state index in [9.17, 15) is 4.79 Å². The molecule has 1 unspecified atom stereocenters. The van der Waals surface area contributed by atoms with Crippen LogP contribution in [0.2, 0.25) is 5.02 Å². The predicted molar refractivity (Wildman–Crippen MR) is 113 cm³/mol. The van der Waals surface area contributed by atoms with Gasteiger partial charge < -0.3 is 10.1 Å². The molecule has 0 fully saturated rings. The molecule has 0 radical (unpaired) electrons. The molecule has 1 atom stereocenters. The van der Waals surface area contributed by atoms with Gasteiger partial charge in [-0.25, -0.2) is 0 Å².